The van der Waals surface area contributed by atoms with Crippen LogP contribution in [0.4, 0.5) is 0 Å². The van der Waals surface area contributed by atoms with Crippen molar-refractivity contribution in [3.8, 4) is 5.75 Å². The van der Waals surface area contributed by atoms with Gasteiger partial charge in [-0.05, 0) is 36.6 Å². The summed E-state index contributed by atoms with van der Waals surface area (Å²) in [5.41, 5.74) is 2.67. The van der Waals surface area contributed by atoms with E-state index in [1.165, 1.54) is 0 Å². The number of H-pyrrole nitrogens is 1. The number of rotatable bonds is 3. The lowest BCUT2D eigenvalue weighted by atomic mass is 9.99. The highest BCUT2D eigenvalue weighted by Gasteiger charge is 2.28. The highest BCUT2D eigenvalue weighted by Crippen LogP contribution is 2.33. The number of methoxy groups -OCH3 is 1. The van der Waals surface area contributed by atoms with E-state index in [-0.39, 0.29) is 11.9 Å². The number of fused-ring (bicyclic) bond motifs is 1. The summed E-state index contributed by atoms with van der Waals surface area (Å²) >= 11 is 0. The van der Waals surface area contributed by atoms with Crippen LogP contribution in [-0.2, 0) is 0 Å². The van der Waals surface area contributed by atoms with Gasteiger partial charge in [-0.2, -0.15) is 5.10 Å². The number of nitrogens with zero attached hydrogens (tertiary/aromatic N) is 2. The number of ether oxygens (including phenoxy) is 1. The molecule has 1 aliphatic rings. The van der Waals surface area contributed by atoms with Crippen LogP contribution in [0.2, 0.25) is 0 Å². The molecule has 5 heteroatoms. The zero-order valence-corrected chi connectivity index (χ0v) is 14.9. The van der Waals surface area contributed by atoms with Crippen molar-refractivity contribution in [1.29, 1.82) is 0 Å². The maximum absolute atomic E-state index is 13.4. The predicted molar refractivity (Wildman–Crippen MR) is 101 cm³/mol. The van der Waals surface area contributed by atoms with Gasteiger partial charge in [0.05, 0.1) is 30.4 Å². The second kappa shape index (κ2) is 7.20. The highest BCUT2D eigenvalue weighted by atomic mass is 16.5. The van der Waals surface area contributed by atoms with Crippen LogP contribution >= 0.6 is 0 Å². The first kappa shape index (κ1) is 16.6. The standard InChI is InChI=1S/C21H23N3O2/c1-26-17-11-9-15(10-12-17)19-8-3-2-4-13-24(19)21(25)18-7-5-6-16-14-22-23-20(16)18/h5-7,9-12,14,19H,2-4,8,13H2,1H3,(H,22,23)/t19-/m0/s1. The van der Waals surface area contributed by atoms with Crippen molar-refractivity contribution in [3.63, 3.8) is 0 Å². The molecule has 26 heavy (non-hydrogen) atoms. The predicted octanol–water partition coefficient (Wildman–Crippen LogP) is 4.33. The molecule has 1 atom stereocenters. The lowest BCUT2D eigenvalue weighted by molar-refractivity contribution is 0.0682. The number of likely N-dealkylation sites (tertiary alicyclic amines) is 1. The number of aromatic amines is 1. The van der Waals surface area contributed by atoms with E-state index >= 15 is 0 Å². The van der Waals surface area contributed by atoms with Crippen LogP contribution in [0.3, 0.4) is 0 Å². The van der Waals surface area contributed by atoms with Gasteiger partial charge >= 0.3 is 0 Å². The van der Waals surface area contributed by atoms with Crippen LogP contribution in [0.1, 0.15) is 47.6 Å². The third kappa shape index (κ3) is 3.05. The molecule has 0 radical (unpaired) electrons. The monoisotopic (exact) mass is 349 g/mol. The minimum absolute atomic E-state index is 0.0718. The normalized spacial score (nSPS) is 17.9. The summed E-state index contributed by atoms with van der Waals surface area (Å²) in [5.74, 6) is 0.907. The van der Waals surface area contributed by atoms with E-state index in [0.717, 1.165) is 54.4 Å². The van der Waals surface area contributed by atoms with Crippen LogP contribution < -0.4 is 4.74 Å². The number of benzene rings is 2. The molecule has 1 aliphatic heterocycles. The average molecular weight is 349 g/mol. The molecule has 0 bridgehead atoms. The maximum atomic E-state index is 13.4. The fourth-order valence-corrected chi connectivity index (χ4v) is 3.83. The minimum atomic E-state index is 0.0718. The zero-order valence-electron chi connectivity index (χ0n) is 14.9. The van der Waals surface area contributed by atoms with Gasteiger partial charge in [0.2, 0.25) is 0 Å². The van der Waals surface area contributed by atoms with Gasteiger partial charge in [-0.25, -0.2) is 0 Å². The van der Waals surface area contributed by atoms with E-state index in [1.807, 2.05) is 35.2 Å². The lowest BCUT2D eigenvalue weighted by Gasteiger charge is -2.31. The number of amides is 1. The highest BCUT2D eigenvalue weighted by molar-refractivity contribution is 6.05. The summed E-state index contributed by atoms with van der Waals surface area (Å²) in [6.07, 6.45) is 6.07. The third-order valence-corrected chi connectivity index (χ3v) is 5.22. The Morgan fingerprint density at radius 3 is 2.81 bits per heavy atom. The first-order valence-electron chi connectivity index (χ1n) is 9.15. The molecule has 1 amide bonds. The second-order valence-electron chi connectivity index (χ2n) is 6.78. The first-order chi connectivity index (χ1) is 12.8. The fourth-order valence-electron chi connectivity index (χ4n) is 3.83. The van der Waals surface area contributed by atoms with Crippen LogP contribution in [-0.4, -0.2) is 34.7 Å². The van der Waals surface area contributed by atoms with E-state index < -0.39 is 0 Å². The number of nitrogens with one attached hydrogen (secondary N) is 1. The van der Waals surface area contributed by atoms with Crippen LogP contribution in [0.25, 0.3) is 10.9 Å². The second-order valence-corrected chi connectivity index (χ2v) is 6.78. The van der Waals surface area contributed by atoms with Crippen LogP contribution in [0.15, 0.2) is 48.7 Å². The van der Waals surface area contributed by atoms with E-state index in [9.17, 15) is 4.79 Å². The Hall–Kier alpha value is -2.82. The number of aromatic nitrogens is 2. The summed E-state index contributed by atoms with van der Waals surface area (Å²) in [6.45, 7) is 0.778. The summed E-state index contributed by atoms with van der Waals surface area (Å²) in [4.78, 5) is 15.5. The molecule has 1 N–H and O–H groups in total. The smallest absolute Gasteiger partial charge is 0.256 e. The van der Waals surface area contributed by atoms with Crippen molar-refractivity contribution in [3.05, 3.63) is 59.8 Å². The van der Waals surface area contributed by atoms with Crippen molar-refractivity contribution < 1.29 is 9.53 Å². The van der Waals surface area contributed by atoms with Gasteiger partial charge in [0.1, 0.15) is 5.75 Å². The Morgan fingerprint density at radius 1 is 1.15 bits per heavy atom. The van der Waals surface area contributed by atoms with Gasteiger partial charge in [-0.15, -0.1) is 0 Å². The van der Waals surface area contributed by atoms with E-state index in [0.29, 0.717) is 5.56 Å². The average Bonchev–Trinajstić information content (AvgIpc) is 3.04. The molecule has 4 rings (SSSR count). The van der Waals surface area contributed by atoms with Crippen molar-refractivity contribution >= 4 is 16.8 Å². The third-order valence-electron chi connectivity index (χ3n) is 5.22. The van der Waals surface area contributed by atoms with Crippen molar-refractivity contribution in [1.82, 2.24) is 15.1 Å². The number of hydrogen-bond acceptors (Lipinski definition) is 3. The quantitative estimate of drug-likeness (QED) is 0.766. The Bertz CT molecular complexity index is 901. The largest absolute Gasteiger partial charge is 0.497 e. The van der Waals surface area contributed by atoms with Gasteiger partial charge in [0, 0.05) is 11.9 Å². The van der Waals surface area contributed by atoms with Crippen molar-refractivity contribution in [2.45, 2.75) is 31.7 Å². The Kier molecular flexibility index (Phi) is 4.61. The van der Waals surface area contributed by atoms with Gasteiger partial charge < -0.3 is 9.64 Å². The summed E-state index contributed by atoms with van der Waals surface area (Å²) in [5, 5.41) is 8.04. The molecule has 3 aromatic rings. The van der Waals surface area contributed by atoms with Crippen molar-refractivity contribution in [2.75, 3.05) is 13.7 Å². The van der Waals surface area contributed by atoms with Gasteiger partial charge in [0.15, 0.2) is 0 Å². The minimum Gasteiger partial charge on any atom is -0.497 e. The molecule has 2 aromatic carbocycles. The molecule has 0 spiro atoms. The summed E-state index contributed by atoms with van der Waals surface area (Å²) < 4.78 is 5.27. The molecule has 1 saturated heterocycles. The van der Waals surface area contributed by atoms with Crippen LogP contribution in [0.5, 0.6) is 5.75 Å². The van der Waals surface area contributed by atoms with Crippen LogP contribution in [0, 0.1) is 0 Å². The van der Waals surface area contributed by atoms with E-state index in [1.54, 1.807) is 13.3 Å². The van der Waals surface area contributed by atoms with Gasteiger partial charge in [-0.1, -0.05) is 37.1 Å². The topological polar surface area (TPSA) is 58.2 Å². The molecular formula is C21H23N3O2. The van der Waals surface area contributed by atoms with Gasteiger partial charge in [0.25, 0.3) is 5.91 Å². The molecular weight excluding hydrogens is 326 g/mol. The number of para-hydroxylation sites is 1. The number of carbonyl (C=O) groups is 1. The molecule has 2 heterocycles. The molecule has 1 fully saturated rings. The Balaban J connectivity index is 1.70. The Morgan fingerprint density at radius 2 is 2.00 bits per heavy atom. The molecule has 5 nitrogen and oxygen atoms in total. The molecule has 1 aromatic heterocycles. The molecule has 0 aliphatic carbocycles. The first-order valence-corrected chi connectivity index (χ1v) is 9.15. The number of carbonyl (C=O) groups excluding carboxylic acids is 1. The maximum Gasteiger partial charge on any atom is 0.256 e. The Labute approximate surface area is 153 Å². The molecule has 0 saturated carbocycles. The van der Waals surface area contributed by atoms with Crippen molar-refractivity contribution in [2.24, 2.45) is 0 Å². The van der Waals surface area contributed by atoms with Gasteiger partial charge in [-0.3, -0.25) is 9.89 Å². The lowest BCUT2D eigenvalue weighted by Crippen LogP contribution is -2.35. The van der Waals surface area contributed by atoms with E-state index in [2.05, 4.69) is 22.3 Å². The van der Waals surface area contributed by atoms with E-state index in [4.69, 9.17) is 4.74 Å². The fraction of sp³-hybridized carbons (Fsp3) is 0.333. The summed E-state index contributed by atoms with van der Waals surface area (Å²) in [6, 6.07) is 14.0. The zero-order chi connectivity index (χ0) is 17.9. The molecule has 134 valence electrons. The summed E-state index contributed by atoms with van der Waals surface area (Å²) in [7, 11) is 1.67. The molecule has 0 unspecified atom stereocenters. The number of hydrogen-bond donors (Lipinski definition) is 1. The SMILES string of the molecule is COc1ccc([C@@H]2CCCCCN2C(=O)c2cccc3cn[nH]c23)cc1.